The molecule has 0 aliphatic carbocycles. The summed E-state index contributed by atoms with van der Waals surface area (Å²) in [5.41, 5.74) is 2.14. The van der Waals surface area contributed by atoms with E-state index in [1.54, 1.807) is 12.1 Å². The maximum absolute atomic E-state index is 12.5. The first kappa shape index (κ1) is 16.5. The molecule has 2 aromatic rings. The Labute approximate surface area is 151 Å². The third kappa shape index (κ3) is 2.99. The Kier molecular flexibility index (Phi) is 4.26. The highest BCUT2D eigenvalue weighted by molar-refractivity contribution is 6.16. The minimum absolute atomic E-state index is 0.143. The van der Waals surface area contributed by atoms with Crippen molar-refractivity contribution in [1.29, 1.82) is 0 Å². The minimum atomic E-state index is -0.336. The molecule has 0 amide bonds. The van der Waals surface area contributed by atoms with Crippen LogP contribution in [0.1, 0.15) is 15.9 Å². The second-order valence-corrected chi connectivity index (χ2v) is 6.15. The van der Waals surface area contributed by atoms with Gasteiger partial charge < -0.3 is 24.2 Å². The highest BCUT2D eigenvalue weighted by Crippen LogP contribution is 2.40. The molecule has 1 fully saturated rings. The third-order valence-corrected chi connectivity index (χ3v) is 4.53. The molecule has 0 aromatic heterocycles. The largest absolute Gasteiger partial charge is 0.507 e. The van der Waals surface area contributed by atoms with E-state index in [1.165, 1.54) is 13.2 Å². The number of methoxy groups -OCH3 is 1. The smallest absolute Gasteiger partial charge is 0.235 e. The number of phenols is 1. The van der Waals surface area contributed by atoms with Crippen molar-refractivity contribution >= 4 is 17.5 Å². The first-order chi connectivity index (χ1) is 12.7. The van der Waals surface area contributed by atoms with Gasteiger partial charge in [-0.1, -0.05) is 12.1 Å². The average Bonchev–Trinajstić information content (AvgIpc) is 2.99. The maximum atomic E-state index is 12.5. The molecule has 2 aliphatic heterocycles. The number of phenolic OH excluding ortho intramolecular Hbond substituents is 1. The van der Waals surface area contributed by atoms with Gasteiger partial charge in [0.15, 0.2) is 5.76 Å². The second-order valence-electron chi connectivity index (χ2n) is 6.15. The molecule has 4 rings (SSSR count). The third-order valence-electron chi connectivity index (χ3n) is 4.53. The van der Waals surface area contributed by atoms with Crippen LogP contribution in [-0.4, -0.2) is 44.3 Å². The first-order valence-corrected chi connectivity index (χ1v) is 8.44. The molecular weight excluding hydrogens is 334 g/mol. The number of anilines is 1. The molecule has 134 valence electrons. The highest BCUT2D eigenvalue weighted by Gasteiger charge is 2.31. The Morgan fingerprint density at radius 2 is 1.88 bits per heavy atom. The summed E-state index contributed by atoms with van der Waals surface area (Å²) >= 11 is 0. The summed E-state index contributed by atoms with van der Waals surface area (Å²) in [4.78, 5) is 14.8. The number of benzene rings is 2. The van der Waals surface area contributed by atoms with Gasteiger partial charge >= 0.3 is 0 Å². The van der Waals surface area contributed by atoms with E-state index >= 15 is 0 Å². The molecule has 1 saturated heterocycles. The lowest BCUT2D eigenvalue weighted by molar-refractivity contribution is 0.101. The SMILES string of the molecule is COc1cc(O)c2c(c1)O/C(=C\c1ccc(N3CCOCC3)cc1)C2=O. The predicted molar refractivity (Wildman–Crippen MR) is 97.1 cm³/mol. The number of aromatic hydroxyl groups is 1. The van der Waals surface area contributed by atoms with E-state index in [-0.39, 0.29) is 22.9 Å². The summed E-state index contributed by atoms with van der Waals surface area (Å²) in [5, 5.41) is 10.1. The van der Waals surface area contributed by atoms with Gasteiger partial charge in [-0.2, -0.15) is 0 Å². The van der Waals surface area contributed by atoms with E-state index in [4.69, 9.17) is 14.2 Å². The van der Waals surface area contributed by atoms with Crippen molar-refractivity contribution in [3.05, 3.63) is 53.3 Å². The van der Waals surface area contributed by atoms with Gasteiger partial charge in [0.05, 0.1) is 20.3 Å². The van der Waals surface area contributed by atoms with Crippen molar-refractivity contribution in [2.24, 2.45) is 0 Å². The number of ketones is 1. The summed E-state index contributed by atoms with van der Waals surface area (Å²) in [7, 11) is 1.49. The number of allylic oxidation sites excluding steroid dienone is 1. The maximum Gasteiger partial charge on any atom is 0.235 e. The van der Waals surface area contributed by atoms with Gasteiger partial charge in [-0.05, 0) is 23.8 Å². The second kappa shape index (κ2) is 6.72. The number of ether oxygens (including phenoxy) is 3. The number of fused-ring (bicyclic) bond motifs is 1. The van der Waals surface area contributed by atoms with E-state index in [1.807, 2.05) is 24.3 Å². The molecule has 0 unspecified atom stereocenters. The van der Waals surface area contributed by atoms with Gasteiger partial charge in [-0.25, -0.2) is 0 Å². The van der Waals surface area contributed by atoms with Crippen molar-refractivity contribution in [3.63, 3.8) is 0 Å². The van der Waals surface area contributed by atoms with Crippen LogP contribution < -0.4 is 14.4 Å². The number of hydrogen-bond acceptors (Lipinski definition) is 6. The van der Waals surface area contributed by atoms with Crippen molar-refractivity contribution < 1.29 is 24.1 Å². The van der Waals surface area contributed by atoms with E-state index in [9.17, 15) is 9.90 Å². The van der Waals surface area contributed by atoms with Gasteiger partial charge in [0, 0.05) is 30.9 Å². The Hall–Kier alpha value is -2.99. The molecule has 6 heteroatoms. The summed E-state index contributed by atoms with van der Waals surface area (Å²) in [6, 6.07) is 10.9. The Morgan fingerprint density at radius 3 is 2.58 bits per heavy atom. The summed E-state index contributed by atoms with van der Waals surface area (Å²) < 4.78 is 16.1. The normalized spacial score (nSPS) is 18.0. The summed E-state index contributed by atoms with van der Waals surface area (Å²) in [6.07, 6.45) is 1.68. The zero-order chi connectivity index (χ0) is 18.1. The molecule has 2 heterocycles. The number of carbonyl (C=O) groups excluding carboxylic acids is 1. The van der Waals surface area contributed by atoms with Crippen LogP contribution in [0, 0.1) is 0 Å². The van der Waals surface area contributed by atoms with Crippen LogP contribution in [0.15, 0.2) is 42.2 Å². The monoisotopic (exact) mass is 353 g/mol. The van der Waals surface area contributed by atoms with Crippen molar-refractivity contribution in [3.8, 4) is 17.2 Å². The lowest BCUT2D eigenvalue weighted by atomic mass is 10.1. The van der Waals surface area contributed by atoms with Crippen LogP contribution in [0.25, 0.3) is 6.08 Å². The zero-order valence-electron chi connectivity index (χ0n) is 14.4. The van der Waals surface area contributed by atoms with Gasteiger partial charge in [-0.15, -0.1) is 0 Å². The Balaban J connectivity index is 1.57. The number of carbonyl (C=O) groups is 1. The first-order valence-electron chi connectivity index (χ1n) is 8.44. The molecule has 0 atom stereocenters. The molecule has 2 aromatic carbocycles. The molecule has 0 spiro atoms. The molecule has 0 bridgehead atoms. The van der Waals surface area contributed by atoms with Crippen molar-refractivity contribution in [2.75, 3.05) is 38.3 Å². The fraction of sp³-hybridized carbons (Fsp3) is 0.250. The quantitative estimate of drug-likeness (QED) is 0.856. The Morgan fingerprint density at radius 1 is 1.15 bits per heavy atom. The molecule has 1 N–H and O–H groups in total. The van der Waals surface area contributed by atoms with Crippen molar-refractivity contribution in [2.45, 2.75) is 0 Å². The molecular formula is C20H19NO5. The van der Waals surface area contributed by atoms with Crippen LogP contribution in [-0.2, 0) is 4.74 Å². The molecule has 26 heavy (non-hydrogen) atoms. The fourth-order valence-corrected chi connectivity index (χ4v) is 3.14. The van der Waals surface area contributed by atoms with Crippen LogP contribution in [0.2, 0.25) is 0 Å². The number of rotatable bonds is 3. The topological polar surface area (TPSA) is 68.2 Å². The number of nitrogens with zero attached hydrogens (tertiary/aromatic N) is 1. The molecule has 0 saturated carbocycles. The fourth-order valence-electron chi connectivity index (χ4n) is 3.14. The zero-order valence-corrected chi connectivity index (χ0v) is 14.4. The number of hydrogen-bond donors (Lipinski definition) is 1. The van der Waals surface area contributed by atoms with Gasteiger partial charge in [0.1, 0.15) is 22.8 Å². The van der Waals surface area contributed by atoms with Crippen LogP contribution in [0.3, 0.4) is 0 Å². The molecule has 6 nitrogen and oxygen atoms in total. The lowest BCUT2D eigenvalue weighted by Gasteiger charge is -2.28. The van der Waals surface area contributed by atoms with Crippen LogP contribution >= 0.6 is 0 Å². The van der Waals surface area contributed by atoms with E-state index in [0.29, 0.717) is 11.5 Å². The van der Waals surface area contributed by atoms with Crippen LogP contribution in [0.5, 0.6) is 17.2 Å². The van der Waals surface area contributed by atoms with Gasteiger partial charge in [0.2, 0.25) is 5.78 Å². The average molecular weight is 353 g/mol. The van der Waals surface area contributed by atoms with Gasteiger partial charge in [0.25, 0.3) is 0 Å². The van der Waals surface area contributed by atoms with Gasteiger partial charge in [-0.3, -0.25) is 4.79 Å². The molecule has 2 aliphatic rings. The summed E-state index contributed by atoms with van der Waals surface area (Å²) in [6.45, 7) is 3.22. The van der Waals surface area contributed by atoms with E-state index in [2.05, 4.69) is 4.90 Å². The lowest BCUT2D eigenvalue weighted by Crippen LogP contribution is -2.36. The minimum Gasteiger partial charge on any atom is -0.507 e. The summed E-state index contributed by atoms with van der Waals surface area (Å²) in [5.74, 6) is 0.448. The predicted octanol–water partition coefficient (Wildman–Crippen LogP) is 2.85. The molecule has 0 radical (unpaired) electrons. The number of morpholine rings is 1. The standard InChI is InChI=1S/C20H19NO5/c1-24-15-11-16(22)19-17(12-15)26-18(20(19)23)10-13-2-4-14(5-3-13)21-6-8-25-9-7-21/h2-5,10-12,22H,6-9H2,1H3/b18-10-. The van der Waals surface area contributed by atoms with E-state index < -0.39 is 0 Å². The highest BCUT2D eigenvalue weighted by atomic mass is 16.5. The van der Waals surface area contributed by atoms with E-state index in [0.717, 1.165) is 37.6 Å². The number of Topliss-reactive ketones (excluding diaryl/α,β-unsaturated/α-hetero) is 1. The van der Waals surface area contributed by atoms with Crippen LogP contribution in [0.4, 0.5) is 5.69 Å². The van der Waals surface area contributed by atoms with Crippen molar-refractivity contribution in [1.82, 2.24) is 0 Å². The Bertz CT molecular complexity index is 867.